The van der Waals surface area contributed by atoms with Crippen molar-refractivity contribution in [3.8, 4) is 0 Å². The van der Waals surface area contributed by atoms with Crippen molar-refractivity contribution in [2.75, 3.05) is 11.1 Å². The maximum absolute atomic E-state index is 12.2. The molecule has 3 N–H and O–H groups in total. The molecule has 2 aromatic carbocycles. The number of carbonyl (C=O) groups is 1. The Morgan fingerprint density at radius 3 is 2.58 bits per heavy atom. The molecule has 3 nitrogen and oxygen atoms in total. The summed E-state index contributed by atoms with van der Waals surface area (Å²) >= 11 is 3.39. The van der Waals surface area contributed by atoms with E-state index >= 15 is 0 Å². The summed E-state index contributed by atoms with van der Waals surface area (Å²) in [5, 5.41) is 2.90. The van der Waals surface area contributed by atoms with Gasteiger partial charge in [0.15, 0.2) is 0 Å². The number of hydrogen-bond donors (Lipinski definition) is 2. The Morgan fingerprint density at radius 2 is 1.89 bits per heavy atom. The third-order valence-electron chi connectivity index (χ3n) is 2.81. The van der Waals surface area contributed by atoms with Crippen LogP contribution in [0.5, 0.6) is 0 Å². The average Bonchev–Trinajstić information content (AvgIpc) is 2.32. The van der Waals surface area contributed by atoms with Crippen LogP contribution in [0.4, 0.5) is 11.4 Å². The number of nitrogens with one attached hydrogen (secondary N) is 1. The Balaban J connectivity index is 2.28. The van der Waals surface area contributed by atoms with Crippen molar-refractivity contribution in [1.82, 2.24) is 0 Å². The van der Waals surface area contributed by atoms with E-state index in [9.17, 15) is 4.79 Å². The van der Waals surface area contributed by atoms with Crippen LogP contribution in [0.15, 0.2) is 40.9 Å². The van der Waals surface area contributed by atoms with Gasteiger partial charge in [0.25, 0.3) is 5.91 Å². The Kier molecular flexibility index (Phi) is 3.90. The molecule has 1 amide bonds. The Hall–Kier alpha value is -1.81. The molecule has 0 saturated carbocycles. The Labute approximate surface area is 121 Å². The summed E-state index contributed by atoms with van der Waals surface area (Å²) in [5.74, 6) is -0.156. The van der Waals surface area contributed by atoms with E-state index in [1.54, 1.807) is 6.07 Å². The first kappa shape index (κ1) is 13.6. The third kappa shape index (κ3) is 3.35. The van der Waals surface area contributed by atoms with Crippen LogP contribution in [0.25, 0.3) is 0 Å². The number of anilines is 2. The normalized spacial score (nSPS) is 10.3. The van der Waals surface area contributed by atoms with E-state index in [2.05, 4.69) is 21.2 Å². The number of amides is 1. The van der Waals surface area contributed by atoms with E-state index in [0.29, 0.717) is 11.3 Å². The number of halogens is 1. The fourth-order valence-electron chi connectivity index (χ4n) is 1.87. The molecule has 98 valence electrons. The molecule has 0 radical (unpaired) electrons. The van der Waals surface area contributed by atoms with E-state index in [4.69, 9.17) is 5.73 Å². The predicted octanol–water partition coefficient (Wildman–Crippen LogP) is 3.90. The zero-order valence-corrected chi connectivity index (χ0v) is 12.4. The molecule has 0 bridgehead atoms. The molecule has 0 aromatic heterocycles. The summed E-state index contributed by atoms with van der Waals surface area (Å²) < 4.78 is 0.928. The highest BCUT2D eigenvalue weighted by Crippen LogP contribution is 2.21. The Morgan fingerprint density at radius 1 is 1.16 bits per heavy atom. The van der Waals surface area contributed by atoms with Gasteiger partial charge in [-0.1, -0.05) is 22.0 Å². The molecule has 0 heterocycles. The molecule has 0 spiro atoms. The number of hydrogen-bond acceptors (Lipinski definition) is 2. The van der Waals surface area contributed by atoms with Gasteiger partial charge in [-0.2, -0.15) is 0 Å². The highest BCUT2D eigenvalue weighted by atomic mass is 79.9. The summed E-state index contributed by atoms with van der Waals surface area (Å²) in [4.78, 5) is 12.2. The van der Waals surface area contributed by atoms with E-state index in [1.165, 1.54) is 0 Å². The van der Waals surface area contributed by atoms with Gasteiger partial charge >= 0.3 is 0 Å². The first-order chi connectivity index (χ1) is 8.95. The maximum atomic E-state index is 12.2. The van der Waals surface area contributed by atoms with Gasteiger partial charge in [0, 0.05) is 21.4 Å². The lowest BCUT2D eigenvalue weighted by Gasteiger charge is -2.10. The SMILES string of the molecule is Cc1cc(N)cc(C(=O)Nc2cc(Br)ccc2C)c1. The highest BCUT2D eigenvalue weighted by Gasteiger charge is 2.09. The molecule has 0 aliphatic carbocycles. The first-order valence-corrected chi connectivity index (χ1v) is 6.69. The van der Waals surface area contributed by atoms with Gasteiger partial charge in [-0.3, -0.25) is 4.79 Å². The monoisotopic (exact) mass is 318 g/mol. The fraction of sp³-hybridized carbons (Fsp3) is 0.133. The lowest BCUT2D eigenvalue weighted by atomic mass is 10.1. The number of carbonyl (C=O) groups excluding carboxylic acids is 1. The number of benzene rings is 2. The molecule has 0 unspecified atom stereocenters. The van der Waals surface area contributed by atoms with Crippen molar-refractivity contribution in [2.45, 2.75) is 13.8 Å². The molecule has 2 aromatic rings. The van der Waals surface area contributed by atoms with Crippen molar-refractivity contribution < 1.29 is 4.79 Å². The Bertz CT molecular complexity index is 618. The van der Waals surface area contributed by atoms with Gasteiger partial charge in [-0.05, 0) is 55.3 Å². The minimum atomic E-state index is -0.156. The minimum absolute atomic E-state index is 0.156. The van der Waals surface area contributed by atoms with Gasteiger partial charge < -0.3 is 11.1 Å². The van der Waals surface area contributed by atoms with Crippen molar-refractivity contribution in [3.05, 3.63) is 57.6 Å². The topological polar surface area (TPSA) is 55.1 Å². The largest absolute Gasteiger partial charge is 0.399 e. The van der Waals surface area contributed by atoms with Crippen LogP contribution in [0, 0.1) is 13.8 Å². The molecule has 0 aliphatic heterocycles. The van der Waals surface area contributed by atoms with E-state index in [1.807, 2.05) is 44.2 Å². The van der Waals surface area contributed by atoms with E-state index in [-0.39, 0.29) is 5.91 Å². The van der Waals surface area contributed by atoms with Crippen LogP contribution < -0.4 is 11.1 Å². The van der Waals surface area contributed by atoms with E-state index in [0.717, 1.165) is 21.3 Å². The molecular formula is C15H15BrN2O. The summed E-state index contributed by atoms with van der Waals surface area (Å²) in [6.45, 7) is 3.87. The molecule has 4 heteroatoms. The standard InChI is InChI=1S/C15H15BrN2O/c1-9-5-11(7-13(17)6-9)15(19)18-14-8-12(16)4-3-10(14)2/h3-8H,17H2,1-2H3,(H,18,19). The van der Waals surface area contributed by atoms with Gasteiger partial charge in [-0.15, -0.1) is 0 Å². The van der Waals surface area contributed by atoms with Crippen LogP contribution in [-0.2, 0) is 0 Å². The lowest BCUT2D eigenvalue weighted by molar-refractivity contribution is 0.102. The minimum Gasteiger partial charge on any atom is -0.399 e. The van der Waals surface area contributed by atoms with Crippen LogP contribution >= 0.6 is 15.9 Å². The van der Waals surface area contributed by atoms with Crippen molar-refractivity contribution in [1.29, 1.82) is 0 Å². The quantitative estimate of drug-likeness (QED) is 0.825. The van der Waals surface area contributed by atoms with Crippen molar-refractivity contribution >= 4 is 33.2 Å². The second-order valence-corrected chi connectivity index (χ2v) is 5.46. The number of rotatable bonds is 2. The highest BCUT2D eigenvalue weighted by molar-refractivity contribution is 9.10. The molecule has 2 rings (SSSR count). The van der Waals surface area contributed by atoms with Crippen LogP contribution in [-0.4, -0.2) is 5.91 Å². The van der Waals surface area contributed by atoms with Crippen molar-refractivity contribution in [2.24, 2.45) is 0 Å². The molecule has 0 fully saturated rings. The summed E-state index contributed by atoms with van der Waals surface area (Å²) in [5.41, 5.74) is 9.69. The van der Waals surface area contributed by atoms with Crippen LogP contribution in [0.3, 0.4) is 0 Å². The molecule has 0 atom stereocenters. The first-order valence-electron chi connectivity index (χ1n) is 5.90. The van der Waals surface area contributed by atoms with Gasteiger partial charge in [0.1, 0.15) is 0 Å². The maximum Gasteiger partial charge on any atom is 0.255 e. The second kappa shape index (κ2) is 5.45. The summed E-state index contributed by atoms with van der Waals surface area (Å²) in [6, 6.07) is 11.1. The zero-order chi connectivity index (χ0) is 14.0. The smallest absolute Gasteiger partial charge is 0.255 e. The summed E-state index contributed by atoms with van der Waals surface area (Å²) in [6.07, 6.45) is 0. The molecular weight excluding hydrogens is 304 g/mol. The lowest BCUT2D eigenvalue weighted by Crippen LogP contribution is -2.13. The fourth-order valence-corrected chi connectivity index (χ4v) is 2.23. The van der Waals surface area contributed by atoms with Gasteiger partial charge in [0.05, 0.1) is 0 Å². The molecule has 0 saturated heterocycles. The number of nitrogen functional groups attached to an aromatic ring is 1. The number of aryl methyl sites for hydroxylation is 2. The zero-order valence-electron chi connectivity index (χ0n) is 10.8. The second-order valence-electron chi connectivity index (χ2n) is 4.55. The van der Waals surface area contributed by atoms with Gasteiger partial charge in [0.2, 0.25) is 0 Å². The van der Waals surface area contributed by atoms with Crippen LogP contribution in [0.1, 0.15) is 21.5 Å². The number of nitrogens with two attached hydrogens (primary N) is 1. The molecule has 19 heavy (non-hydrogen) atoms. The molecule has 0 aliphatic rings. The van der Waals surface area contributed by atoms with Gasteiger partial charge in [-0.25, -0.2) is 0 Å². The average molecular weight is 319 g/mol. The summed E-state index contributed by atoms with van der Waals surface area (Å²) in [7, 11) is 0. The van der Waals surface area contributed by atoms with Crippen molar-refractivity contribution in [3.63, 3.8) is 0 Å². The van der Waals surface area contributed by atoms with Crippen LogP contribution in [0.2, 0.25) is 0 Å². The predicted molar refractivity (Wildman–Crippen MR) is 82.4 cm³/mol. The third-order valence-corrected chi connectivity index (χ3v) is 3.30. The van der Waals surface area contributed by atoms with E-state index < -0.39 is 0 Å².